The number of rotatable bonds is 8. The van der Waals surface area contributed by atoms with Gasteiger partial charge in [0.05, 0.1) is 6.61 Å². The molecule has 0 aliphatic rings. The van der Waals surface area contributed by atoms with Gasteiger partial charge in [0, 0.05) is 12.3 Å². The minimum atomic E-state index is -0.796. The zero-order valence-corrected chi connectivity index (χ0v) is 14.7. The van der Waals surface area contributed by atoms with Gasteiger partial charge in [0.25, 0.3) is 5.91 Å². The van der Waals surface area contributed by atoms with E-state index < -0.39 is 5.60 Å². The van der Waals surface area contributed by atoms with E-state index in [1.54, 1.807) is 0 Å². The average Bonchev–Trinajstić information content (AvgIpc) is 2.46. The van der Waals surface area contributed by atoms with Crippen LogP contribution in [0.5, 0.6) is 5.75 Å². The largest absolute Gasteiger partial charge is 0.493 e. The van der Waals surface area contributed by atoms with Gasteiger partial charge < -0.3 is 14.8 Å². The zero-order valence-electron chi connectivity index (χ0n) is 14.7. The molecule has 1 aromatic carbocycles. The van der Waals surface area contributed by atoms with E-state index >= 15 is 0 Å². The number of anilines is 1. The van der Waals surface area contributed by atoms with Crippen LogP contribution >= 0.6 is 0 Å². The summed E-state index contributed by atoms with van der Waals surface area (Å²) < 4.78 is 11.3. The molecule has 22 heavy (non-hydrogen) atoms. The summed E-state index contributed by atoms with van der Waals surface area (Å²) in [7, 11) is 0. The molecule has 0 aliphatic heterocycles. The Bertz CT molecular complexity index is 499. The maximum Gasteiger partial charge on any atom is 0.256 e. The third kappa shape index (κ3) is 5.02. The third-order valence-electron chi connectivity index (χ3n) is 3.62. The second kappa shape index (κ2) is 8.18. The van der Waals surface area contributed by atoms with Crippen LogP contribution in [-0.4, -0.2) is 24.7 Å². The smallest absolute Gasteiger partial charge is 0.256 e. The highest BCUT2D eigenvalue weighted by Gasteiger charge is 2.31. The Kier molecular flexibility index (Phi) is 6.88. The Morgan fingerprint density at radius 3 is 2.50 bits per heavy atom. The summed E-state index contributed by atoms with van der Waals surface area (Å²) in [5.74, 6) is 1.22. The van der Waals surface area contributed by atoms with Crippen LogP contribution in [-0.2, 0) is 9.53 Å². The second-order valence-electron chi connectivity index (χ2n) is 6.16. The van der Waals surface area contributed by atoms with E-state index in [-0.39, 0.29) is 5.91 Å². The first-order valence-electron chi connectivity index (χ1n) is 8.01. The van der Waals surface area contributed by atoms with E-state index in [4.69, 9.17) is 9.47 Å². The van der Waals surface area contributed by atoms with Crippen molar-refractivity contribution in [1.29, 1.82) is 0 Å². The van der Waals surface area contributed by atoms with Crippen LogP contribution in [0.2, 0.25) is 0 Å². The Morgan fingerprint density at radius 1 is 1.32 bits per heavy atom. The normalized spacial score (nSPS) is 13.8. The van der Waals surface area contributed by atoms with Gasteiger partial charge in [0.1, 0.15) is 11.4 Å². The van der Waals surface area contributed by atoms with E-state index in [9.17, 15) is 4.79 Å². The van der Waals surface area contributed by atoms with E-state index in [1.165, 1.54) is 0 Å². The molecule has 0 fully saturated rings. The Hall–Kier alpha value is -1.55. The number of hydrogen-bond acceptors (Lipinski definition) is 3. The molecule has 0 aliphatic carbocycles. The summed E-state index contributed by atoms with van der Waals surface area (Å²) in [6.45, 7) is 13.1. The van der Waals surface area contributed by atoms with Crippen molar-refractivity contribution in [2.45, 2.75) is 53.6 Å². The molecule has 4 nitrogen and oxygen atoms in total. The number of hydrogen-bond donors (Lipinski definition) is 1. The summed E-state index contributed by atoms with van der Waals surface area (Å²) in [4.78, 5) is 12.4. The van der Waals surface area contributed by atoms with Gasteiger partial charge in [-0.2, -0.15) is 0 Å². The minimum Gasteiger partial charge on any atom is -0.493 e. The number of aryl methyl sites for hydroxylation is 1. The van der Waals surface area contributed by atoms with Crippen LogP contribution in [0.1, 0.15) is 46.6 Å². The number of carbonyl (C=O) groups is 1. The highest BCUT2D eigenvalue weighted by Crippen LogP contribution is 2.24. The fourth-order valence-electron chi connectivity index (χ4n) is 2.06. The van der Waals surface area contributed by atoms with Crippen molar-refractivity contribution in [3.63, 3.8) is 0 Å². The fraction of sp³-hybridized carbons (Fsp3) is 0.611. The van der Waals surface area contributed by atoms with Crippen LogP contribution in [0, 0.1) is 12.8 Å². The molecule has 0 unspecified atom stereocenters. The molecule has 0 aromatic heterocycles. The van der Waals surface area contributed by atoms with Crippen molar-refractivity contribution >= 4 is 11.6 Å². The number of carbonyl (C=O) groups excluding carboxylic acids is 1. The molecule has 0 saturated carbocycles. The molecule has 1 rings (SSSR count). The van der Waals surface area contributed by atoms with Gasteiger partial charge in [-0.25, -0.2) is 0 Å². The van der Waals surface area contributed by atoms with E-state index in [0.717, 1.165) is 17.0 Å². The monoisotopic (exact) mass is 307 g/mol. The molecule has 0 spiro atoms. The first-order chi connectivity index (χ1) is 10.3. The van der Waals surface area contributed by atoms with Crippen molar-refractivity contribution in [3.05, 3.63) is 23.8 Å². The highest BCUT2D eigenvalue weighted by atomic mass is 16.5. The molecule has 124 valence electrons. The average molecular weight is 307 g/mol. The lowest BCUT2D eigenvalue weighted by Crippen LogP contribution is -2.42. The van der Waals surface area contributed by atoms with E-state index in [2.05, 4.69) is 19.2 Å². The molecule has 0 saturated heterocycles. The van der Waals surface area contributed by atoms with Gasteiger partial charge in [-0.1, -0.05) is 20.8 Å². The molecule has 1 N–H and O–H groups in total. The predicted molar refractivity (Wildman–Crippen MR) is 90.5 cm³/mol. The third-order valence-corrected chi connectivity index (χ3v) is 3.62. The van der Waals surface area contributed by atoms with Gasteiger partial charge in [0.15, 0.2) is 0 Å². The Balaban J connectivity index is 2.78. The van der Waals surface area contributed by atoms with Crippen molar-refractivity contribution in [2.75, 3.05) is 18.5 Å². The quantitative estimate of drug-likeness (QED) is 0.784. The Labute approximate surface area is 134 Å². The molecular formula is C18H29NO3. The van der Waals surface area contributed by atoms with E-state index in [1.807, 2.05) is 45.9 Å². The molecular weight excluding hydrogens is 278 g/mol. The maximum atomic E-state index is 12.4. The molecule has 4 heteroatoms. The molecule has 0 radical (unpaired) electrons. The van der Waals surface area contributed by atoms with Crippen molar-refractivity contribution in [3.8, 4) is 5.75 Å². The molecule has 0 heterocycles. The van der Waals surface area contributed by atoms with Gasteiger partial charge in [0.2, 0.25) is 0 Å². The molecule has 1 amide bonds. The molecule has 1 atom stereocenters. The fourth-order valence-corrected chi connectivity index (χ4v) is 2.06. The number of ether oxygens (including phenoxy) is 2. The van der Waals surface area contributed by atoms with Gasteiger partial charge in [-0.05, 0) is 56.9 Å². The first-order valence-corrected chi connectivity index (χ1v) is 8.01. The summed E-state index contributed by atoms with van der Waals surface area (Å²) >= 11 is 0. The lowest BCUT2D eigenvalue weighted by Gasteiger charge is -2.27. The van der Waals surface area contributed by atoms with Crippen LogP contribution in [0.25, 0.3) is 0 Å². The summed E-state index contributed by atoms with van der Waals surface area (Å²) in [6.07, 6.45) is 0.626. The lowest BCUT2D eigenvalue weighted by atomic mass is 10.0. The predicted octanol–water partition coefficient (Wildman–Crippen LogP) is 4.17. The van der Waals surface area contributed by atoms with Crippen LogP contribution < -0.4 is 10.1 Å². The zero-order chi connectivity index (χ0) is 16.8. The SMILES string of the molecule is CCO[C@](C)(CC)C(=O)Nc1ccc(OCC(C)C)c(C)c1. The van der Waals surface area contributed by atoms with Gasteiger partial charge in [-0.3, -0.25) is 4.79 Å². The van der Waals surface area contributed by atoms with E-state index in [0.29, 0.717) is 25.6 Å². The van der Waals surface area contributed by atoms with Crippen molar-refractivity contribution < 1.29 is 14.3 Å². The number of nitrogens with one attached hydrogen (secondary N) is 1. The van der Waals surface area contributed by atoms with Crippen LogP contribution in [0.3, 0.4) is 0 Å². The maximum absolute atomic E-state index is 12.4. The first kappa shape index (κ1) is 18.5. The Morgan fingerprint density at radius 2 is 2.00 bits per heavy atom. The highest BCUT2D eigenvalue weighted by molar-refractivity contribution is 5.97. The second-order valence-corrected chi connectivity index (χ2v) is 6.16. The standard InChI is InChI=1S/C18H29NO3/c1-7-18(6,22-8-2)17(20)19-15-9-10-16(14(5)11-15)21-12-13(3)4/h9-11,13H,7-8,12H2,1-6H3,(H,19,20)/t18-/m1/s1. The number of amides is 1. The van der Waals surface area contributed by atoms with Gasteiger partial charge in [-0.15, -0.1) is 0 Å². The molecule has 0 bridgehead atoms. The molecule has 1 aromatic rings. The van der Waals surface area contributed by atoms with Crippen LogP contribution in [0.4, 0.5) is 5.69 Å². The minimum absolute atomic E-state index is 0.118. The summed E-state index contributed by atoms with van der Waals surface area (Å²) in [6, 6.07) is 5.69. The summed E-state index contributed by atoms with van der Waals surface area (Å²) in [5, 5.41) is 2.93. The topological polar surface area (TPSA) is 47.6 Å². The lowest BCUT2D eigenvalue weighted by molar-refractivity contribution is -0.139. The summed E-state index contributed by atoms with van der Waals surface area (Å²) in [5.41, 5.74) is 0.974. The van der Waals surface area contributed by atoms with Crippen LogP contribution in [0.15, 0.2) is 18.2 Å². The van der Waals surface area contributed by atoms with Gasteiger partial charge >= 0.3 is 0 Å². The van der Waals surface area contributed by atoms with Crippen molar-refractivity contribution in [2.24, 2.45) is 5.92 Å². The van der Waals surface area contributed by atoms with Crippen molar-refractivity contribution in [1.82, 2.24) is 0 Å². The number of benzene rings is 1.